The van der Waals surface area contributed by atoms with Gasteiger partial charge in [-0.1, -0.05) is 6.42 Å². The average Bonchev–Trinajstić information content (AvgIpc) is 2.30. The predicted octanol–water partition coefficient (Wildman–Crippen LogP) is 1.36. The number of carbonyl (C=O) groups is 4. The molecule has 0 spiro atoms. The molecule has 6 nitrogen and oxygen atoms in total. The van der Waals surface area contributed by atoms with E-state index in [1.54, 1.807) is 0 Å². The Morgan fingerprint density at radius 3 is 2.19 bits per heavy atom. The van der Waals surface area contributed by atoms with Crippen LogP contribution in [-0.4, -0.2) is 29.9 Å². The summed E-state index contributed by atoms with van der Waals surface area (Å²) >= 11 is 0. The third kappa shape index (κ3) is 4.37. The van der Waals surface area contributed by atoms with Gasteiger partial charge in [-0.05, 0) is 39.5 Å². The Morgan fingerprint density at radius 1 is 1.19 bits per heavy atom. The molecule has 0 heterocycles. The largest absolute Gasteiger partial charge is 0.352 e. The van der Waals surface area contributed by atoms with Crippen molar-refractivity contribution in [3.63, 3.8) is 0 Å². The Kier molecular flexibility index (Phi) is 6.05. The van der Waals surface area contributed by atoms with E-state index in [2.05, 4.69) is 5.32 Å². The highest BCUT2D eigenvalue weighted by atomic mass is 16.2. The van der Waals surface area contributed by atoms with Gasteiger partial charge in [-0.2, -0.15) is 0 Å². The van der Waals surface area contributed by atoms with Crippen molar-refractivity contribution in [3.8, 4) is 0 Å². The first kappa shape index (κ1) is 17.3. The Morgan fingerprint density at radius 2 is 1.81 bits per heavy atom. The number of hydrogen-bond donors (Lipinski definition) is 2. The van der Waals surface area contributed by atoms with Crippen LogP contribution in [0.15, 0.2) is 0 Å². The molecule has 0 aliphatic heterocycles. The summed E-state index contributed by atoms with van der Waals surface area (Å²) in [5.74, 6) is -0.634. The molecule has 0 aromatic carbocycles. The lowest BCUT2D eigenvalue weighted by Gasteiger charge is -2.38. The van der Waals surface area contributed by atoms with Gasteiger partial charge in [0.15, 0.2) is 0 Å². The average molecular weight is 296 g/mol. The highest BCUT2D eigenvalue weighted by Crippen LogP contribution is 2.44. The lowest BCUT2D eigenvalue weighted by molar-refractivity contribution is -0.147. The number of Topliss-reactive ketones (excluding diaryl/α,β-unsaturated/α-hetero) is 3. The summed E-state index contributed by atoms with van der Waals surface area (Å²) in [5, 5.41) is 2.45. The molecule has 0 radical (unpaired) electrons. The first-order valence-corrected chi connectivity index (χ1v) is 7.37. The molecule has 1 aliphatic carbocycles. The third-order valence-corrected chi connectivity index (χ3v) is 4.45. The first-order valence-electron chi connectivity index (χ1n) is 7.37. The molecular formula is C15H24N2O4. The van der Waals surface area contributed by atoms with Crippen molar-refractivity contribution >= 4 is 23.4 Å². The molecule has 21 heavy (non-hydrogen) atoms. The second-order valence-corrected chi connectivity index (χ2v) is 5.86. The molecule has 1 fully saturated rings. The highest BCUT2D eigenvalue weighted by Gasteiger charge is 2.48. The van der Waals surface area contributed by atoms with Gasteiger partial charge in [-0.3, -0.25) is 14.4 Å². The molecule has 3 N–H and O–H groups in total. The Balaban J connectivity index is 2.54. The minimum atomic E-state index is -0.834. The zero-order chi connectivity index (χ0) is 16.0. The second-order valence-electron chi connectivity index (χ2n) is 5.86. The maximum atomic E-state index is 12.4. The summed E-state index contributed by atoms with van der Waals surface area (Å²) in [4.78, 5) is 46.3. The van der Waals surface area contributed by atoms with Crippen LogP contribution in [0.25, 0.3) is 0 Å². The molecule has 0 unspecified atom stereocenters. The molecule has 118 valence electrons. The fourth-order valence-electron chi connectivity index (χ4n) is 2.79. The molecule has 1 atom stereocenters. The molecule has 6 heteroatoms. The fourth-order valence-corrected chi connectivity index (χ4v) is 2.79. The van der Waals surface area contributed by atoms with E-state index in [0.29, 0.717) is 32.2 Å². The van der Waals surface area contributed by atoms with Crippen molar-refractivity contribution in [2.45, 2.75) is 52.4 Å². The smallest absolute Gasteiger partial charge is 0.312 e. The van der Waals surface area contributed by atoms with E-state index >= 15 is 0 Å². The van der Waals surface area contributed by atoms with Crippen LogP contribution in [0.1, 0.15) is 52.4 Å². The van der Waals surface area contributed by atoms with Gasteiger partial charge in [0.25, 0.3) is 0 Å². The van der Waals surface area contributed by atoms with Crippen LogP contribution in [0.3, 0.4) is 0 Å². The minimum absolute atomic E-state index is 0.0551. The number of nitrogens with two attached hydrogens (primary N) is 1. The Bertz CT molecular complexity index is 441. The number of urea groups is 1. The molecule has 1 aliphatic rings. The van der Waals surface area contributed by atoms with Gasteiger partial charge in [-0.15, -0.1) is 0 Å². The van der Waals surface area contributed by atoms with Gasteiger partial charge in [-0.25, -0.2) is 4.79 Å². The van der Waals surface area contributed by atoms with Crippen LogP contribution in [0.2, 0.25) is 0 Å². The van der Waals surface area contributed by atoms with Gasteiger partial charge in [0.05, 0.1) is 5.41 Å². The Hall–Kier alpha value is -1.72. The van der Waals surface area contributed by atoms with Gasteiger partial charge in [0, 0.05) is 18.9 Å². The maximum absolute atomic E-state index is 12.4. The summed E-state index contributed by atoms with van der Waals surface area (Å²) in [6.07, 6.45) is 3.30. The molecule has 0 aromatic heterocycles. The maximum Gasteiger partial charge on any atom is 0.312 e. The van der Waals surface area contributed by atoms with Crippen molar-refractivity contribution in [3.05, 3.63) is 0 Å². The lowest BCUT2D eigenvalue weighted by Crippen LogP contribution is -2.45. The Labute approximate surface area is 124 Å². The third-order valence-electron chi connectivity index (χ3n) is 4.45. The fraction of sp³-hybridized carbons (Fsp3) is 0.733. The van der Waals surface area contributed by atoms with E-state index in [1.165, 1.54) is 13.8 Å². The van der Waals surface area contributed by atoms with Crippen LogP contribution in [0.4, 0.5) is 4.79 Å². The summed E-state index contributed by atoms with van der Waals surface area (Å²) < 4.78 is 0. The highest BCUT2D eigenvalue weighted by molar-refractivity contribution is 6.07. The monoisotopic (exact) mass is 296 g/mol. The van der Waals surface area contributed by atoms with E-state index in [9.17, 15) is 19.2 Å². The van der Waals surface area contributed by atoms with Crippen LogP contribution >= 0.6 is 0 Å². The van der Waals surface area contributed by atoms with E-state index in [0.717, 1.165) is 6.42 Å². The molecule has 0 saturated heterocycles. The van der Waals surface area contributed by atoms with Crippen molar-refractivity contribution < 1.29 is 19.2 Å². The lowest BCUT2D eigenvalue weighted by atomic mass is 9.62. The number of primary amides is 1. The summed E-state index contributed by atoms with van der Waals surface area (Å²) in [7, 11) is 0. The molecule has 2 amide bonds. The number of ketones is 3. The van der Waals surface area contributed by atoms with E-state index in [-0.39, 0.29) is 29.7 Å². The summed E-state index contributed by atoms with van der Waals surface area (Å²) in [6, 6.07) is -0.601. The number of hydrogen-bond acceptors (Lipinski definition) is 4. The molecule has 0 bridgehead atoms. The van der Waals surface area contributed by atoms with Crippen molar-refractivity contribution in [1.82, 2.24) is 5.32 Å². The van der Waals surface area contributed by atoms with E-state index < -0.39 is 11.4 Å². The van der Waals surface area contributed by atoms with E-state index in [1.807, 2.05) is 0 Å². The molecule has 1 rings (SSSR count). The van der Waals surface area contributed by atoms with Crippen molar-refractivity contribution in [2.75, 3.05) is 6.54 Å². The minimum Gasteiger partial charge on any atom is -0.352 e. The standard InChI is InChI=1S/C15H24N2O4/c1-10(18)12(5-3-8-17-14(16)21)9-13(20)15(11(2)19)6-4-7-15/h12H,3-9H2,1-2H3,(H3,16,17,21)/t12-/m1/s1. The molecule has 1 saturated carbocycles. The SMILES string of the molecule is CC(=O)[C@H](CCCNC(N)=O)CC(=O)C1(C(C)=O)CCC1. The first-order chi connectivity index (χ1) is 9.79. The van der Waals surface area contributed by atoms with Crippen LogP contribution in [-0.2, 0) is 14.4 Å². The molecule has 0 aromatic rings. The van der Waals surface area contributed by atoms with Gasteiger partial charge in [0.2, 0.25) is 0 Å². The van der Waals surface area contributed by atoms with Crippen LogP contribution in [0, 0.1) is 11.3 Å². The van der Waals surface area contributed by atoms with Crippen LogP contribution < -0.4 is 11.1 Å². The summed E-state index contributed by atoms with van der Waals surface area (Å²) in [5.41, 5.74) is 4.12. The number of carbonyl (C=O) groups excluding carboxylic acids is 4. The number of rotatable bonds is 9. The quantitative estimate of drug-likeness (QED) is 0.495. The predicted molar refractivity (Wildman–Crippen MR) is 77.6 cm³/mol. The number of nitrogens with one attached hydrogen (secondary N) is 1. The number of amides is 2. The van der Waals surface area contributed by atoms with Gasteiger partial charge in [0.1, 0.15) is 17.3 Å². The van der Waals surface area contributed by atoms with Gasteiger partial charge >= 0.3 is 6.03 Å². The normalized spacial score (nSPS) is 17.4. The van der Waals surface area contributed by atoms with Crippen molar-refractivity contribution in [2.24, 2.45) is 17.1 Å². The topological polar surface area (TPSA) is 106 Å². The molecular weight excluding hydrogens is 272 g/mol. The van der Waals surface area contributed by atoms with Crippen LogP contribution in [0.5, 0.6) is 0 Å². The van der Waals surface area contributed by atoms with E-state index in [4.69, 9.17) is 5.73 Å². The summed E-state index contributed by atoms with van der Waals surface area (Å²) in [6.45, 7) is 3.29. The van der Waals surface area contributed by atoms with Gasteiger partial charge < -0.3 is 11.1 Å². The zero-order valence-corrected chi connectivity index (χ0v) is 12.7. The van der Waals surface area contributed by atoms with Crippen molar-refractivity contribution in [1.29, 1.82) is 0 Å². The zero-order valence-electron chi connectivity index (χ0n) is 12.7. The second kappa shape index (κ2) is 7.33.